The number of nitrogens with zero attached hydrogens (tertiary/aromatic N) is 2. The molecule has 0 atom stereocenters. The minimum atomic E-state index is 1.13. The van der Waals surface area contributed by atoms with Gasteiger partial charge in [0.1, 0.15) is 0 Å². The molecule has 0 unspecified atom stereocenters. The summed E-state index contributed by atoms with van der Waals surface area (Å²) in [6.45, 7) is 0. The number of hydrogen-bond donors (Lipinski definition) is 0. The minimum Gasteiger partial charge on any atom is -0.310 e. The summed E-state index contributed by atoms with van der Waals surface area (Å²) in [6, 6.07) is 61.5. The molecule has 0 aliphatic rings. The number of hydrogen-bond acceptors (Lipinski definition) is 1. The van der Waals surface area contributed by atoms with Gasteiger partial charge in [-0.05, 0) is 93.7 Å². The first-order valence-electron chi connectivity index (χ1n) is 15.1. The van der Waals surface area contributed by atoms with E-state index in [0.717, 1.165) is 17.1 Å². The molecule has 0 aliphatic heterocycles. The Hall–Kier alpha value is -5.86. The molecule has 44 heavy (non-hydrogen) atoms. The van der Waals surface area contributed by atoms with Gasteiger partial charge in [-0.3, -0.25) is 0 Å². The average molecular weight is 561 g/mol. The van der Waals surface area contributed by atoms with Crippen LogP contribution in [-0.2, 0) is 0 Å². The number of benzene rings is 8. The smallest absolute Gasteiger partial charge is 0.0542 e. The van der Waals surface area contributed by atoms with Crippen molar-refractivity contribution >= 4 is 71.2 Å². The second-order valence-electron chi connectivity index (χ2n) is 11.4. The molecule has 0 spiro atoms. The van der Waals surface area contributed by atoms with Crippen molar-refractivity contribution < 1.29 is 0 Å². The molecule has 0 radical (unpaired) electrons. The number of anilines is 3. The lowest BCUT2D eigenvalue weighted by molar-refractivity contribution is 1.18. The van der Waals surface area contributed by atoms with Crippen LogP contribution in [0.1, 0.15) is 0 Å². The summed E-state index contributed by atoms with van der Waals surface area (Å²) in [7, 11) is 0. The van der Waals surface area contributed by atoms with Crippen molar-refractivity contribution in [3.05, 3.63) is 170 Å². The van der Waals surface area contributed by atoms with Gasteiger partial charge >= 0.3 is 0 Å². The maximum atomic E-state index is 2.41. The van der Waals surface area contributed by atoms with Gasteiger partial charge < -0.3 is 9.47 Å². The Morgan fingerprint density at radius 1 is 0.341 bits per heavy atom. The van der Waals surface area contributed by atoms with Crippen LogP contribution in [0.5, 0.6) is 0 Å². The van der Waals surface area contributed by atoms with Gasteiger partial charge in [0.2, 0.25) is 0 Å². The molecule has 2 nitrogen and oxygen atoms in total. The van der Waals surface area contributed by atoms with E-state index in [9.17, 15) is 0 Å². The fourth-order valence-electron chi connectivity index (χ4n) is 6.92. The van der Waals surface area contributed by atoms with E-state index in [1.165, 1.54) is 59.8 Å². The van der Waals surface area contributed by atoms with Crippen LogP contribution >= 0.6 is 0 Å². The van der Waals surface area contributed by atoms with E-state index >= 15 is 0 Å². The molecule has 2 heteroatoms. The van der Waals surface area contributed by atoms with E-state index in [1.807, 2.05) is 0 Å². The minimum absolute atomic E-state index is 1.13. The SMILES string of the molecule is c1ccc(N(c2ccc3c(c2)c2ccccc2n3-c2ccccc2)c2cccc3c2ccc2cc4ccccc4cc23)cc1. The van der Waals surface area contributed by atoms with Gasteiger partial charge in [-0.25, -0.2) is 0 Å². The Kier molecular flexibility index (Phi) is 5.54. The standard InChI is InChI=1S/C42H28N2/c1-3-14-32(15-4-1)43(40-21-11-19-35-37(40)24-22-31-26-29-12-7-8-13-30(29)27-38(31)35)34-23-25-42-39(28-34)36-18-9-10-20-41(36)44(42)33-16-5-2-6-17-33/h1-28H. The molecule has 0 amide bonds. The van der Waals surface area contributed by atoms with Crippen LogP contribution in [0.3, 0.4) is 0 Å². The maximum absolute atomic E-state index is 2.41. The normalized spacial score (nSPS) is 11.6. The fourth-order valence-corrected chi connectivity index (χ4v) is 6.92. The number of fused-ring (bicyclic) bond motifs is 7. The highest BCUT2D eigenvalue weighted by Crippen LogP contribution is 2.43. The topological polar surface area (TPSA) is 8.17 Å². The average Bonchev–Trinajstić information content (AvgIpc) is 3.42. The quantitative estimate of drug-likeness (QED) is 0.153. The number of rotatable bonds is 4. The third-order valence-electron chi connectivity index (χ3n) is 8.90. The molecule has 1 heterocycles. The zero-order valence-electron chi connectivity index (χ0n) is 24.1. The van der Waals surface area contributed by atoms with Crippen molar-refractivity contribution in [3.8, 4) is 5.69 Å². The first-order valence-corrected chi connectivity index (χ1v) is 15.1. The van der Waals surface area contributed by atoms with E-state index in [-0.39, 0.29) is 0 Å². The highest BCUT2D eigenvalue weighted by atomic mass is 15.1. The third kappa shape index (κ3) is 3.82. The Morgan fingerprint density at radius 3 is 1.86 bits per heavy atom. The summed E-state index contributed by atoms with van der Waals surface area (Å²) in [4.78, 5) is 2.41. The van der Waals surface area contributed by atoms with E-state index in [1.54, 1.807) is 0 Å². The van der Waals surface area contributed by atoms with Gasteiger partial charge in [0.25, 0.3) is 0 Å². The Bertz CT molecular complexity index is 2490. The van der Waals surface area contributed by atoms with Gasteiger partial charge in [0.05, 0.1) is 16.7 Å². The largest absolute Gasteiger partial charge is 0.310 e. The molecule has 0 fully saturated rings. The first kappa shape index (κ1) is 24.7. The molecule has 8 aromatic carbocycles. The monoisotopic (exact) mass is 560 g/mol. The van der Waals surface area contributed by atoms with Gasteiger partial charge in [-0.1, -0.05) is 103 Å². The third-order valence-corrected chi connectivity index (χ3v) is 8.90. The number of aromatic nitrogens is 1. The summed E-state index contributed by atoms with van der Waals surface area (Å²) in [5.74, 6) is 0. The van der Waals surface area contributed by atoms with Crippen LogP contribution in [0.15, 0.2) is 170 Å². The predicted octanol–water partition coefficient (Wildman–Crippen LogP) is 11.7. The Balaban J connectivity index is 1.31. The van der Waals surface area contributed by atoms with Crippen molar-refractivity contribution in [3.63, 3.8) is 0 Å². The lowest BCUT2D eigenvalue weighted by Gasteiger charge is -2.27. The van der Waals surface area contributed by atoms with Gasteiger partial charge in [-0.2, -0.15) is 0 Å². The van der Waals surface area contributed by atoms with Crippen molar-refractivity contribution in [2.24, 2.45) is 0 Å². The Morgan fingerprint density at radius 2 is 1.02 bits per heavy atom. The second kappa shape index (κ2) is 9.86. The lowest BCUT2D eigenvalue weighted by atomic mass is 9.97. The van der Waals surface area contributed by atoms with Crippen LogP contribution in [0.25, 0.3) is 59.8 Å². The zero-order chi connectivity index (χ0) is 29.0. The highest BCUT2D eigenvalue weighted by molar-refractivity contribution is 6.16. The highest BCUT2D eigenvalue weighted by Gasteiger charge is 2.19. The molecule has 0 saturated heterocycles. The van der Waals surface area contributed by atoms with Gasteiger partial charge in [0, 0.05) is 33.2 Å². The van der Waals surface area contributed by atoms with E-state index in [4.69, 9.17) is 0 Å². The molecule has 0 N–H and O–H groups in total. The number of para-hydroxylation sites is 3. The molecule has 0 aliphatic carbocycles. The van der Waals surface area contributed by atoms with Gasteiger partial charge in [-0.15, -0.1) is 0 Å². The molecule has 0 saturated carbocycles. The molecule has 0 bridgehead atoms. The van der Waals surface area contributed by atoms with Crippen LogP contribution in [0.2, 0.25) is 0 Å². The predicted molar refractivity (Wildman–Crippen MR) is 188 cm³/mol. The molecule has 1 aromatic heterocycles. The summed E-state index contributed by atoms with van der Waals surface area (Å²) in [5.41, 5.74) is 7.00. The molecular weight excluding hydrogens is 532 g/mol. The van der Waals surface area contributed by atoms with Crippen LogP contribution in [0.4, 0.5) is 17.1 Å². The van der Waals surface area contributed by atoms with Crippen molar-refractivity contribution in [2.45, 2.75) is 0 Å². The molecular formula is C42H28N2. The maximum Gasteiger partial charge on any atom is 0.0542 e. The summed E-state index contributed by atoms with van der Waals surface area (Å²) >= 11 is 0. The summed E-state index contributed by atoms with van der Waals surface area (Å²) in [5, 5.41) is 10.0. The van der Waals surface area contributed by atoms with E-state index in [0.29, 0.717) is 0 Å². The molecule has 9 aromatic rings. The zero-order valence-corrected chi connectivity index (χ0v) is 24.1. The fraction of sp³-hybridized carbons (Fsp3) is 0. The van der Waals surface area contributed by atoms with E-state index in [2.05, 4.69) is 179 Å². The van der Waals surface area contributed by atoms with Crippen LogP contribution < -0.4 is 4.90 Å². The van der Waals surface area contributed by atoms with Crippen molar-refractivity contribution in [1.82, 2.24) is 4.57 Å². The van der Waals surface area contributed by atoms with Crippen LogP contribution in [-0.4, -0.2) is 4.57 Å². The summed E-state index contributed by atoms with van der Waals surface area (Å²) < 4.78 is 2.37. The van der Waals surface area contributed by atoms with Crippen LogP contribution in [0, 0.1) is 0 Å². The first-order chi connectivity index (χ1) is 21.8. The lowest BCUT2D eigenvalue weighted by Crippen LogP contribution is -2.10. The van der Waals surface area contributed by atoms with Crippen molar-refractivity contribution in [2.75, 3.05) is 4.90 Å². The summed E-state index contributed by atoms with van der Waals surface area (Å²) in [6.07, 6.45) is 0. The van der Waals surface area contributed by atoms with E-state index < -0.39 is 0 Å². The molecule has 9 rings (SSSR count). The Labute approximate surface area is 255 Å². The second-order valence-corrected chi connectivity index (χ2v) is 11.4. The van der Waals surface area contributed by atoms with Gasteiger partial charge in [0.15, 0.2) is 0 Å². The molecule has 206 valence electrons. The van der Waals surface area contributed by atoms with Crippen molar-refractivity contribution in [1.29, 1.82) is 0 Å².